The summed E-state index contributed by atoms with van der Waals surface area (Å²) in [5.74, 6) is 0. The largest absolute Gasteiger partial charge is 0.384 e. The van der Waals surface area contributed by atoms with Crippen LogP contribution in [0.5, 0.6) is 0 Å². The summed E-state index contributed by atoms with van der Waals surface area (Å²) in [4.78, 5) is 16.7. The van der Waals surface area contributed by atoms with Gasteiger partial charge in [-0.15, -0.1) is 0 Å². The third kappa shape index (κ3) is 2.90. The van der Waals surface area contributed by atoms with Crippen molar-refractivity contribution in [1.29, 1.82) is 0 Å². The molecule has 0 spiro atoms. The number of hydrogen-bond donors (Lipinski definition) is 3. The quantitative estimate of drug-likeness (QED) is 0.487. The minimum Gasteiger partial charge on any atom is -0.384 e. The summed E-state index contributed by atoms with van der Waals surface area (Å²) in [7, 11) is 0. The Balaban J connectivity index is 2.16. The number of imidazole rings is 1. The van der Waals surface area contributed by atoms with Crippen LogP contribution in [-0.4, -0.2) is 15.1 Å². The zero-order valence-electron chi connectivity index (χ0n) is 10.5. The molecular weight excluding hydrogens is 470 g/mol. The predicted octanol–water partition coefficient (Wildman–Crippen LogP) is 3.96. The van der Waals surface area contributed by atoms with Gasteiger partial charge in [0.2, 0.25) is 0 Å². The van der Waals surface area contributed by atoms with Crippen molar-refractivity contribution in [2.24, 2.45) is 0 Å². The molecule has 3 rings (SSSR count). The minimum absolute atomic E-state index is 0.277. The van der Waals surface area contributed by atoms with Gasteiger partial charge >= 0.3 is 5.69 Å². The summed E-state index contributed by atoms with van der Waals surface area (Å²) < 4.78 is 1.63. The maximum absolute atomic E-state index is 11.3. The van der Waals surface area contributed by atoms with E-state index in [9.17, 15) is 9.90 Å². The highest BCUT2D eigenvalue weighted by Gasteiger charge is 2.18. The van der Waals surface area contributed by atoms with Crippen molar-refractivity contribution in [1.82, 2.24) is 9.97 Å². The van der Waals surface area contributed by atoms with Crippen molar-refractivity contribution in [2.75, 3.05) is 0 Å². The van der Waals surface area contributed by atoms with E-state index in [1.165, 1.54) is 0 Å². The van der Waals surface area contributed by atoms with Gasteiger partial charge in [-0.1, -0.05) is 27.5 Å². The van der Waals surface area contributed by atoms with Crippen molar-refractivity contribution < 1.29 is 5.11 Å². The minimum atomic E-state index is -0.840. The Labute approximate surface area is 146 Å². The Bertz CT molecular complexity index is 890. The Morgan fingerprint density at radius 2 is 1.81 bits per heavy atom. The number of aliphatic hydroxyl groups is 1. The summed E-state index contributed by atoms with van der Waals surface area (Å²) in [5.41, 5.74) is 2.44. The second-order valence-electron chi connectivity index (χ2n) is 4.57. The number of hydrogen-bond acceptors (Lipinski definition) is 2. The van der Waals surface area contributed by atoms with Crippen molar-refractivity contribution >= 4 is 61.2 Å². The van der Waals surface area contributed by atoms with Gasteiger partial charge in [-0.2, -0.15) is 0 Å². The highest BCUT2D eigenvalue weighted by Crippen LogP contribution is 2.34. The molecule has 0 fully saturated rings. The van der Waals surface area contributed by atoms with Crippen LogP contribution in [-0.2, 0) is 0 Å². The van der Waals surface area contributed by atoms with E-state index in [-0.39, 0.29) is 5.69 Å². The lowest BCUT2D eigenvalue weighted by Gasteiger charge is -2.15. The number of aromatic amines is 2. The third-order valence-electron chi connectivity index (χ3n) is 3.18. The van der Waals surface area contributed by atoms with Crippen molar-refractivity contribution in [3.05, 3.63) is 65.0 Å². The molecule has 0 saturated carbocycles. The summed E-state index contributed by atoms with van der Waals surface area (Å²) in [6, 6.07) is 8.89. The van der Waals surface area contributed by atoms with Crippen LogP contribution in [0.2, 0.25) is 5.02 Å². The van der Waals surface area contributed by atoms with Crippen LogP contribution in [0.15, 0.2) is 39.6 Å². The first-order chi connectivity index (χ1) is 9.95. The fourth-order valence-corrected chi connectivity index (χ4v) is 3.55. The Morgan fingerprint density at radius 1 is 1.14 bits per heavy atom. The van der Waals surface area contributed by atoms with E-state index < -0.39 is 6.10 Å². The van der Waals surface area contributed by atoms with Gasteiger partial charge in [0, 0.05) is 18.6 Å². The molecule has 0 aliphatic carbocycles. The van der Waals surface area contributed by atoms with Gasteiger partial charge in [0.1, 0.15) is 6.10 Å². The van der Waals surface area contributed by atoms with E-state index in [4.69, 9.17) is 11.6 Å². The number of rotatable bonds is 2. The smallest absolute Gasteiger partial charge is 0.323 e. The molecule has 0 bridgehead atoms. The molecule has 2 aromatic carbocycles. The summed E-state index contributed by atoms with van der Waals surface area (Å²) in [5, 5.41) is 11.2. The molecule has 1 aromatic heterocycles. The number of fused-ring (bicyclic) bond motifs is 1. The maximum Gasteiger partial charge on any atom is 0.323 e. The Hall–Kier alpha value is -0.830. The van der Waals surface area contributed by atoms with Gasteiger partial charge in [-0.25, -0.2) is 4.79 Å². The molecule has 0 aliphatic rings. The van der Waals surface area contributed by atoms with E-state index in [0.29, 0.717) is 26.1 Å². The first-order valence-corrected chi connectivity index (χ1v) is 8.25. The lowest BCUT2D eigenvalue weighted by molar-refractivity contribution is 0.219. The molecule has 3 N–H and O–H groups in total. The molecule has 0 aliphatic heterocycles. The highest BCUT2D eigenvalue weighted by molar-refractivity contribution is 14.1. The van der Waals surface area contributed by atoms with Gasteiger partial charge in [-0.3, -0.25) is 0 Å². The van der Waals surface area contributed by atoms with E-state index in [0.717, 1.165) is 9.13 Å². The number of aromatic nitrogens is 2. The average molecular weight is 479 g/mol. The van der Waals surface area contributed by atoms with Crippen LogP contribution in [0.1, 0.15) is 17.2 Å². The lowest BCUT2D eigenvalue weighted by Crippen LogP contribution is -2.03. The van der Waals surface area contributed by atoms with E-state index in [1.807, 2.05) is 6.07 Å². The first-order valence-electron chi connectivity index (χ1n) is 6.00. The van der Waals surface area contributed by atoms with E-state index in [1.54, 1.807) is 24.3 Å². The second kappa shape index (κ2) is 5.75. The summed E-state index contributed by atoms with van der Waals surface area (Å²) in [6.07, 6.45) is -0.840. The van der Waals surface area contributed by atoms with Gasteiger partial charge in [0.05, 0.1) is 11.0 Å². The predicted molar refractivity (Wildman–Crippen MR) is 94.9 cm³/mol. The van der Waals surface area contributed by atoms with Crippen LogP contribution in [0.3, 0.4) is 0 Å². The lowest BCUT2D eigenvalue weighted by atomic mass is 10.0. The number of aliphatic hydroxyl groups excluding tert-OH is 1. The van der Waals surface area contributed by atoms with Crippen LogP contribution >= 0.6 is 50.1 Å². The zero-order chi connectivity index (χ0) is 15.1. The first kappa shape index (κ1) is 15.1. The third-order valence-corrected chi connectivity index (χ3v) is 5.08. The molecule has 1 heterocycles. The molecule has 1 unspecified atom stereocenters. The average Bonchev–Trinajstić information content (AvgIpc) is 2.79. The summed E-state index contributed by atoms with van der Waals surface area (Å²) >= 11 is 11.6. The molecule has 1 atom stereocenters. The standard InChI is InChI=1S/C14H9BrClIN2O2/c15-9-5-12-11(18-14(21)19-12)4-7(9)13(20)8-3-6(16)1-2-10(8)17/h1-5,13,20H,(H2,18,19,21). The molecule has 7 heteroatoms. The molecule has 21 heavy (non-hydrogen) atoms. The highest BCUT2D eigenvalue weighted by atomic mass is 127. The number of benzene rings is 2. The molecule has 0 radical (unpaired) electrons. The molecular formula is C14H9BrClIN2O2. The Morgan fingerprint density at radius 3 is 2.52 bits per heavy atom. The normalized spacial score (nSPS) is 12.8. The van der Waals surface area contributed by atoms with E-state index >= 15 is 0 Å². The van der Waals surface area contributed by atoms with Crippen LogP contribution in [0.25, 0.3) is 11.0 Å². The number of nitrogens with one attached hydrogen (secondary N) is 2. The second-order valence-corrected chi connectivity index (χ2v) is 7.02. The zero-order valence-corrected chi connectivity index (χ0v) is 15.0. The fourth-order valence-electron chi connectivity index (χ4n) is 2.17. The van der Waals surface area contributed by atoms with Crippen molar-refractivity contribution in [2.45, 2.75) is 6.10 Å². The summed E-state index contributed by atoms with van der Waals surface area (Å²) in [6.45, 7) is 0. The molecule has 4 nitrogen and oxygen atoms in total. The van der Waals surface area contributed by atoms with Crippen LogP contribution in [0.4, 0.5) is 0 Å². The van der Waals surface area contributed by atoms with Gasteiger partial charge < -0.3 is 15.1 Å². The van der Waals surface area contributed by atoms with E-state index in [2.05, 4.69) is 48.5 Å². The van der Waals surface area contributed by atoms with Crippen LogP contribution < -0.4 is 5.69 Å². The molecule has 0 amide bonds. The molecule has 0 saturated heterocycles. The molecule has 3 aromatic rings. The van der Waals surface area contributed by atoms with Gasteiger partial charge in [0.15, 0.2) is 0 Å². The topological polar surface area (TPSA) is 68.9 Å². The number of halogens is 3. The fraction of sp³-hybridized carbons (Fsp3) is 0.0714. The van der Waals surface area contributed by atoms with Gasteiger partial charge in [0.25, 0.3) is 0 Å². The molecule has 108 valence electrons. The van der Waals surface area contributed by atoms with Gasteiger partial charge in [-0.05, 0) is 58.5 Å². The maximum atomic E-state index is 11.3. The van der Waals surface area contributed by atoms with Crippen molar-refractivity contribution in [3.8, 4) is 0 Å². The van der Waals surface area contributed by atoms with Crippen LogP contribution in [0, 0.1) is 3.57 Å². The monoisotopic (exact) mass is 478 g/mol. The Kier molecular flexibility index (Phi) is 4.13. The SMILES string of the molecule is O=c1[nH]c2cc(Br)c(C(O)c3cc(Cl)ccc3I)cc2[nH]1. The number of H-pyrrole nitrogens is 2. The van der Waals surface area contributed by atoms with Crippen molar-refractivity contribution in [3.63, 3.8) is 0 Å².